The van der Waals surface area contributed by atoms with Crippen LogP contribution in [0, 0.1) is 17.3 Å². The number of nitro benzene ring substituents is 1. The van der Waals surface area contributed by atoms with Gasteiger partial charge in [-0.2, -0.15) is 0 Å². The average Bonchev–Trinajstić information content (AvgIpc) is 3.37. The third-order valence-corrected chi connectivity index (χ3v) is 10.1. The van der Waals surface area contributed by atoms with Gasteiger partial charge in [0.2, 0.25) is 0 Å². The molecule has 2 heterocycles. The number of carbonyl (C=O) groups excluding carboxylic acids is 1. The number of hydrogen-bond acceptors (Lipinski definition) is 8. The molecule has 0 unspecified atom stereocenters. The zero-order valence-corrected chi connectivity index (χ0v) is 30.6. The van der Waals surface area contributed by atoms with Crippen LogP contribution in [0.4, 0.5) is 11.4 Å². The molecule has 10 nitrogen and oxygen atoms in total. The number of aromatic nitrogens is 1. The van der Waals surface area contributed by atoms with Crippen molar-refractivity contribution < 1.29 is 19.2 Å². The Morgan fingerprint density at radius 2 is 1.75 bits per heavy atom. The van der Waals surface area contributed by atoms with Crippen LogP contribution in [-0.4, -0.2) is 22.5 Å². The largest absolute Gasteiger partial charge is 0.497 e. The molecule has 0 aliphatic carbocycles. The monoisotopic (exact) mass is 884 g/mol. The molecule has 4 aromatic carbocycles. The average molecular weight is 884 g/mol. The minimum atomic E-state index is -0.738. The summed E-state index contributed by atoms with van der Waals surface area (Å²) in [5.74, 6) is 0.931. The molecule has 1 N–H and O–H groups in total. The van der Waals surface area contributed by atoms with E-state index in [4.69, 9.17) is 14.5 Å². The maximum Gasteiger partial charge on any atom is 0.271 e. The number of methoxy groups -OCH3 is 1. The lowest BCUT2D eigenvalue weighted by molar-refractivity contribution is -0.384. The number of allylic oxidation sites excluding steroid dienone is 1. The summed E-state index contributed by atoms with van der Waals surface area (Å²) in [6, 6.07) is 25.9. The van der Waals surface area contributed by atoms with Gasteiger partial charge in [-0.15, -0.1) is 0 Å². The van der Waals surface area contributed by atoms with E-state index in [1.165, 1.54) is 23.5 Å². The van der Waals surface area contributed by atoms with E-state index in [0.29, 0.717) is 43.4 Å². The molecule has 6 rings (SSSR count). The number of hydrogen-bond donors (Lipinski definition) is 1. The fourth-order valence-corrected chi connectivity index (χ4v) is 8.45. The molecule has 0 fully saturated rings. The van der Waals surface area contributed by atoms with Crippen LogP contribution in [0.3, 0.4) is 0 Å². The molecule has 13 heteroatoms. The summed E-state index contributed by atoms with van der Waals surface area (Å²) >= 11 is 5.65. The standard InChI is InChI=1S/C35H26I2N4O6S/c1-20-30(33(42)39-24-8-4-3-5-9-24)31(23-7-6-10-26(18-23)46-2)40-34(43)29(48-35(40)38-20)17-22-15-27(36)32(28(37)16-22)47-19-21-11-13-25(14-12-21)41(44)45/h3-18,31H,19H2,1-2H3,(H,39,42)/b29-17-/t31-/m0/s1. The van der Waals surface area contributed by atoms with Gasteiger partial charge in [0.15, 0.2) is 4.80 Å². The topological polar surface area (TPSA) is 125 Å². The highest BCUT2D eigenvalue weighted by molar-refractivity contribution is 14.1. The Labute approximate surface area is 305 Å². The van der Waals surface area contributed by atoms with Gasteiger partial charge in [0.05, 0.1) is 41.0 Å². The van der Waals surface area contributed by atoms with Crippen molar-refractivity contribution in [3.63, 3.8) is 0 Å². The van der Waals surface area contributed by atoms with E-state index in [0.717, 1.165) is 18.3 Å². The van der Waals surface area contributed by atoms with Crippen molar-refractivity contribution >= 4 is 79.9 Å². The van der Waals surface area contributed by atoms with Crippen LogP contribution in [0.15, 0.2) is 112 Å². The number of nitrogens with one attached hydrogen (secondary N) is 1. The highest BCUT2D eigenvalue weighted by Crippen LogP contribution is 2.33. The molecular formula is C35H26I2N4O6S. The van der Waals surface area contributed by atoms with E-state index in [2.05, 4.69) is 50.5 Å². The normalized spacial score (nSPS) is 14.2. The van der Waals surface area contributed by atoms with Crippen molar-refractivity contribution in [1.82, 2.24) is 4.57 Å². The third kappa shape index (κ3) is 7.07. The van der Waals surface area contributed by atoms with Crippen LogP contribution >= 0.6 is 56.5 Å². The van der Waals surface area contributed by atoms with Crippen LogP contribution in [0.5, 0.6) is 11.5 Å². The van der Waals surface area contributed by atoms with Crippen LogP contribution in [-0.2, 0) is 11.4 Å². The number of halogens is 2. The molecule has 1 aromatic heterocycles. The minimum absolute atomic E-state index is 0.0224. The molecule has 0 saturated heterocycles. The molecule has 0 saturated carbocycles. The molecule has 1 atom stereocenters. The maximum atomic E-state index is 14.2. The van der Waals surface area contributed by atoms with Gasteiger partial charge in [0.25, 0.3) is 17.2 Å². The number of nitrogens with zero attached hydrogens (tertiary/aromatic N) is 3. The first-order valence-electron chi connectivity index (χ1n) is 14.5. The molecule has 5 aromatic rings. The Bertz CT molecular complexity index is 2240. The molecule has 0 radical (unpaired) electrons. The molecule has 242 valence electrons. The fourth-order valence-electron chi connectivity index (χ4n) is 5.28. The van der Waals surface area contributed by atoms with Gasteiger partial charge in [-0.1, -0.05) is 41.7 Å². The van der Waals surface area contributed by atoms with E-state index in [1.54, 1.807) is 42.9 Å². The maximum absolute atomic E-state index is 14.2. The Balaban J connectivity index is 1.36. The highest BCUT2D eigenvalue weighted by atomic mass is 127. The van der Waals surface area contributed by atoms with Crippen LogP contribution in [0.25, 0.3) is 6.08 Å². The van der Waals surface area contributed by atoms with Gasteiger partial charge in [0, 0.05) is 17.8 Å². The lowest BCUT2D eigenvalue weighted by Crippen LogP contribution is -2.40. The van der Waals surface area contributed by atoms with E-state index < -0.39 is 11.0 Å². The highest BCUT2D eigenvalue weighted by Gasteiger charge is 2.33. The smallest absolute Gasteiger partial charge is 0.271 e. The number of benzene rings is 4. The predicted molar refractivity (Wildman–Crippen MR) is 201 cm³/mol. The SMILES string of the molecule is COc1cccc([C@H]2C(C(=O)Nc3ccccc3)=C(C)N=c3s/c(=C\c4cc(I)c(OCc5ccc([N+](=O)[O-])cc5)c(I)c4)c(=O)n32)c1. The number of amides is 1. The number of carbonyl (C=O) groups is 1. The number of fused-ring (bicyclic) bond motifs is 1. The zero-order valence-electron chi connectivity index (χ0n) is 25.5. The van der Waals surface area contributed by atoms with Crippen LogP contribution < -0.4 is 29.7 Å². The lowest BCUT2D eigenvalue weighted by atomic mass is 9.95. The minimum Gasteiger partial charge on any atom is -0.497 e. The number of para-hydroxylation sites is 1. The summed E-state index contributed by atoms with van der Waals surface area (Å²) in [7, 11) is 1.57. The summed E-state index contributed by atoms with van der Waals surface area (Å²) < 4.78 is 15.3. The number of nitro groups is 1. The first-order valence-corrected chi connectivity index (χ1v) is 17.5. The Morgan fingerprint density at radius 3 is 2.42 bits per heavy atom. The number of non-ortho nitro benzene ring substituents is 1. The van der Waals surface area contributed by atoms with Crippen molar-refractivity contribution in [2.24, 2.45) is 4.99 Å². The Hall–Kier alpha value is -4.35. The van der Waals surface area contributed by atoms with Gasteiger partial charge in [-0.05, 0) is 123 Å². The second kappa shape index (κ2) is 14.4. The molecule has 1 aliphatic rings. The molecular weight excluding hydrogens is 858 g/mol. The first-order chi connectivity index (χ1) is 23.1. The van der Waals surface area contributed by atoms with Gasteiger partial charge in [-0.3, -0.25) is 24.3 Å². The van der Waals surface area contributed by atoms with Gasteiger partial charge in [0.1, 0.15) is 18.1 Å². The molecule has 0 spiro atoms. The van der Waals surface area contributed by atoms with Crippen molar-refractivity contribution in [2.75, 3.05) is 12.4 Å². The number of ether oxygens (including phenoxy) is 2. The number of rotatable bonds is 9. The second-order valence-electron chi connectivity index (χ2n) is 10.7. The van der Waals surface area contributed by atoms with E-state index in [1.807, 2.05) is 60.7 Å². The van der Waals surface area contributed by atoms with Crippen molar-refractivity contribution in [2.45, 2.75) is 19.6 Å². The van der Waals surface area contributed by atoms with Gasteiger partial charge >= 0.3 is 0 Å². The zero-order chi connectivity index (χ0) is 33.9. The molecule has 0 bridgehead atoms. The van der Waals surface area contributed by atoms with Gasteiger partial charge < -0.3 is 14.8 Å². The van der Waals surface area contributed by atoms with Crippen LogP contribution in [0.2, 0.25) is 0 Å². The Kier molecular flexibility index (Phi) is 10.1. The predicted octanol–water partition coefficient (Wildman–Crippen LogP) is 6.58. The summed E-state index contributed by atoms with van der Waals surface area (Å²) in [5.41, 5.74) is 3.58. The fraction of sp³-hybridized carbons (Fsp3) is 0.114. The lowest BCUT2D eigenvalue weighted by Gasteiger charge is -2.25. The summed E-state index contributed by atoms with van der Waals surface area (Å²) in [5, 5.41) is 13.9. The summed E-state index contributed by atoms with van der Waals surface area (Å²) in [6.07, 6.45) is 1.82. The summed E-state index contributed by atoms with van der Waals surface area (Å²) in [4.78, 5) is 43.7. The van der Waals surface area contributed by atoms with Gasteiger partial charge in [-0.25, -0.2) is 4.99 Å². The second-order valence-corrected chi connectivity index (χ2v) is 14.0. The molecule has 1 aliphatic heterocycles. The molecule has 1 amide bonds. The number of thiazole rings is 1. The van der Waals surface area contributed by atoms with E-state index in [9.17, 15) is 19.7 Å². The number of anilines is 1. The Morgan fingerprint density at radius 1 is 1.04 bits per heavy atom. The molecule has 48 heavy (non-hydrogen) atoms. The third-order valence-electron chi connectivity index (χ3n) is 7.56. The quantitative estimate of drug-likeness (QED) is 0.101. The first kappa shape index (κ1) is 33.5. The summed E-state index contributed by atoms with van der Waals surface area (Å²) in [6.45, 7) is 2.02. The van der Waals surface area contributed by atoms with Crippen molar-refractivity contribution in [3.8, 4) is 11.5 Å². The van der Waals surface area contributed by atoms with E-state index >= 15 is 0 Å². The van der Waals surface area contributed by atoms with Crippen molar-refractivity contribution in [1.29, 1.82) is 0 Å². The van der Waals surface area contributed by atoms with Crippen molar-refractivity contribution in [3.05, 3.63) is 156 Å². The van der Waals surface area contributed by atoms with E-state index in [-0.39, 0.29) is 23.8 Å². The van der Waals surface area contributed by atoms with Crippen LogP contribution in [0.1, 0.15) is 29.7 Å².